The molecule has 1 heterocycles. The summed E-state index contributed by atoms with van der Waals surface area (Å²) in [6.07, 6.45) is -0.506. The van der Waals surface area contributed by atoms with Crippen LogP contribution in [0.2, 0.25) is 0 Å². The molecule has 0 aliphatic heterocycles. The van der Waals surface area contributed by atoms with Gasteiger partial charge in [-0.25, -0.2) is 14.3 Å². The number of benzene rings is 1. The van der Waals surface area contributed by atoms with Gasteiger partial charge in [-0.05, 0) is 39.3 Å². The third kappa shape index (κ3) is 2.16. The molecule has 0 aliphatic rings. The molecule has 0 unspecified atom stereocenters. The SMILES string of the molecule is Cc1cccc2c1nc(N)n2C(=O)OC(C)(C)C. The second-order valence-electron chi connectivity index (χ2n) is 5.23. The van der Waals surface area contributed by atoms with Crippen molar-refractivity contribution in [2.75, 3.05) is 5.73 Å². The van der Waals surface area contributed by atoms with E-state index in [1.54, 1.807) is 6.07 Å². The van der Waals surface area contributed by atoms with Crippen LogP contribution in [0.5, 0.6) is 0 Å². The number of ether oxygens (including phenoxy) is 1. The van der Waals surface area contributed by atoms with Crippen LogP contribution in [0, 0.1) is 6.92 Å². The molecule has 0 saturated heterocycles. The fourth-order valence-electron chi connectivity index (χ4n) is 1.76. The third-order valence-corrected chi connectivity index (χ3v) is 2.49. The molecule has 1 aromatic carbocycles. The van der Waals surface area contributed by atoms with Crippen molar-refractivity contribution in [3.05, 3.63) is 23.8 Å². The number of nitrogens with two attached hydrogens (primary N) is 1. The van der Waals surface area contributed by atoms with E-state index in [1.165, 1.54) is 4.57 Å². The standard InChI is InChI=1S/C13H17N3O2/c1-8-6-5-7-9-10(8)15-11(14)16(9)12(17)18-13(2,3)4/h5-7H,1-4H3,(H2,14,15). The average molecular weight is 247 g/mol. The van der Waals surface area contributed by atoms with Gasteiger partial charge in [-0.15, -0.1) is 0 Å². The van der Waals surface area contributed by atoms with Gasteiger partial charge < -0.3 is 10.5 Å². The highest BCUT2D eigenvalue weighted by Gasteiger charge is 2.22. The fraction of sp³-hybridized carbons (Fsp3) is 0.385. The van der Waals surface area contributed by atoms with Crippen LogP contribution in [0.15, 0.2) is 18.2 Å². The second kappa shape index (κ2) is 4.01. The molecule has 5 nitrogen and oxygen atoms in total. The predicted molar refractivity (Wildman–Crippen MR) is 70.5 cm³/mol. The largest absolute Gasteiger partial charge is 0.443 e. The first kappa shape index (κ1) is 12.4. The molecule has 0 atom stereocenters. The van der Waals surface area contributed by atoms with Gasteiger partial charge in [-0.2, -0.15) is 0 Å². The van der Waals surface area contributed by atoms with Crippen molar-refractivity contribution in [3.63, 3.8) is 0 Å². The molecule has 2 N–H and O–H groups in total. The molecular weight excluding hydrogens is 230 g/mol. The molecule has 1 aromatic heterocycles. The Morgan fingerprint density at radius 1 is 1.39 bits per heavy atom. The van der Waals surface area contributed by atoms with Gasteiger partial charge in [0.05, 0.1) is 11.0 Å². The van der Waals surface area contributed by atoms with E-state index in [4.69, 9.17) is 10.5 Å². The van der Waals surface area contributed by atoms with E-state index in [2.05, 4.69) is 4.98 Å². The van der Waals surface area contributed by atoms with E-state index in [0.717, 1.165) is 11.1 Å². The van der Waals surface area contributed by atoms with Crippen molar-refractivity contribution in [3.8, 4) is 0 Å². The molecule has 2 aromatic rings. The smallest absolute Gasteiger partial charge is 0.421 e. The van der Waals surface area contributed by atoms with Crippen LogP contribution in [0.4, 0.5) is 10.7 Å². The Hall–Kier alpha value is -2.04. The molecule has 96 valence electrons. The van der Waals surface area contributed by atoms with Crippen molar-refractivity contribution >= 4 is 23.1 Å². The van der Waals surface area contributed by atoms with Crippen LogP contribution in [0.25, 0.3) is 11.0 Å². The van der Waals surface area contributed by atoms with Crippen LogP contribution < -0.4 is 5.73 Å². The minimum absolute atomic E-state index is 0.147. The molecule has 18 heavy (non-hydrogen) atoms. The topological polar surface area (TPSA) is 70.1 Å². The van der Waals surface area contributed by atoms with Crippen molar-refractivity contribution in [1.29, 1.82) is 0 Å². The van der Waals surface area contributed by atoms with E-state index in [0.29, 0.717) is 5.52 Å². The number of hydrogen-bond acceptors (Lipinski definition) is 4. The van der Waals surface area contributed by atoms with Crippen molar-refractivity contribution in [2.45, 2.75) is 33.3 Å². The van der Waals surface area contributed by atoms with Crippen molar-refractivity contribution in [1.82, 2.24) is 9.55 Å². The lowest BCUT2D eigenvalue weighted by Gasteiger charge is -2.19. The Balaban J connectivity index is 2.54. The average Bonchev–Trinajstić information content (AvgIpc) is 2.53. The lowest BCUT2D eigenvalue weighted by atomic mass is 10.2. The second-order valence-corrected chi connectivity index (χ2v) is 5.23. The molecule has 0 fully saturated rings. The van der Waals surface area contributed by atoms with E-state index in [9.17, 15) is 4.79 Å². The Morgan fingerprint density at radius 3 is 2.67 bits per heavy atom. The summed E-state index contributed by atoms with van der Waals surface area (Å²) < 4.78 is 6.61. The lowest BCUT2D eigenvalue weighted by Crippen LogP contribution is -2.27. The van der Waals surface area contributed by atoms with Crippen LogP contribution >= 0.6 is 0 Å². The number of aromatic nitrogens is 2. The quantitative estimate of drug-likeness (QED) is 0.777. The zero-order valence-corrected chi connectivity index (χ0v) is 11.0. The van der Waals surface area contributed by atoms with Crippen LogP contribution in [-0.2, 0) is 4.74 Å². The number of fused-ring (bicyclic) bond motifs is 1. The minimum Gasteiger partial charge on any atom is -0.443 e. The van der Waals surface area contributed by atoms with E-state index in [-0.39, 0.29) is 5.95 Å². The van der Waals surface area contributed by atoms with Crippen LogP contribution in [0.1, 0.15) is 26.3 Å². The van der Waals surface area contributed by atoms with Gasteiger partial charge in [0, 0.05) is 0 Å². The monoisotopic (exact) mass is 247 g/mol. The molecule has 0 saturated carbocycles. The lowest BCUT2D eigenvalue weighted by molar-refractivity contribution is 0.0547. The molecule has 2 rings (SSSR count). The van der Waals surface area contributed by atoms with Gasteiger partial charge in [0.25, 0.3) is 0 Å². The van der Waals surface area contributed by atoms with E-state index < -0.39 is 11.7 Å². The van der Waals surface area contributed by atoms with Crippen molar-refractivity contribution in [2.24, 2.45) is 0 Å². The van der Waals surface area contributed by atoms with Gasteiger partial charge in [0.1, 0.15) is 5.60 Å². The number of carbonyl (C=O) groups is 1. The third-order valence-electron chi connectivity index (χ3n) is 2.49. The Morgan fingerprint density at radius 2 is 2.06 bits per heavy atom. The Bertz CT molecular complexity index is 608. The summed E-state index contributed by atoms with van der Waals surface area (Å²) in [4.78, 5) is 16.3. The maximum Gasteiger partial charge on any atom is 0.421 e. The predicted octanol–water partition coefficient (Wildman–Crippen LogP) is 2.71. The number of nitrogen functional groups attached to an aromatic ring is 1. The normalized spacial score (nSPS) is 11.8. The number of carbonyl (C=O) groups excluding carboxylic acids is 1. The number of nitrogens with zero attached hydrogens (tertiary/aromatic N) is 2. The van der Waals surface area contributed by atoms with Gasteiger partial charge in [-0.3, -0.25) is 0 Å². The number of rotatable bonds is 0. The number of anilines is 1. The molecule has 0 spiro atoms. The number of aryl methyl sites for hydroxylation is 1. The first-order chi connectivity index (χ1) is 8.29. The summed E-state index contributed by atoms with van der Waals surface area (Å²) in [6, 6.07) is 5.59. The summed E-state index contributed by atoms with van der Waals surface area (Å²) in [7, 11) is 0. The number of hydrogen-bond donors (Lipinski definition) is 1. The van der Waals surface area contributed by atoms with Gasteiger partial charge in [-0.1, -0.05) is 12.1 Å². The number of para-hydroxylation sites is 1. The summed E-state index contributed by atoms with van der Waals surface area (Å²) in [5, 5.41) is 0. The first-order valence-corrected chi connectivity index (χ1v) is 5.76. The van der Waals surface area contributed by atoms with Gasteiger partial charge in [0.2, 0.25) is 5.95 Å². The minimum atomic E-state index is -0.566. The van der Waals surface area contributed by atoms with Gasteiger partial charge in [0.15, 0.2) is 0 Å². The van der Waals surface area contributed by atoms with Crippen molar-refractivity contribution < 1.29 is 9.53 Å². The maximum absolute atomic E-state index is 12.1. The summed E-state index contributed by atoms with van der Waals surface area (Å²) in [5.41, 5.74) is 7.59. The fourth-order valence-corrected chi connectivity index (χ4v) is 1.76. The van der Waals surface area contributed by atoms with Crippen LogP contribution in [0.3, 0.4) is 0 Å². The molecule has 0 radical (unpaired) electrons. The molecular formula is C13H17N3O2. The Kier molecular flexibility index (Phi) is 2.77. The zero-order chi connectivity index (χ0) is 13.5. The zero-order valence-electron chi connectivity index (χ0n) is 11.0. The summed E-state index contributed by atoms with van der Waals surface area (Å²) >= 11 is 0. The highest BCUT2D eigenvalue weighted by Crippen LogP contribution is 2.22. The molecule has 0 bridgehead atoms. The van der Waals surface area contributed by atoms with Crippen LogP contribution in [-0.4, -0.2) is 21.2 Å². The highest BCUT2D eigenvalue weighted by atomic mass is 16.6. The molecule has 0 amide bonds. The van der Waals surface area contributed by atoms with E-state index in [1.807, 2.05) is 39.8 Å². The highest BCUT2D eigenvalue weighted by molar-refractivity contribution is 5.91. The van der Waals surface area contributed by atoms with E-state index >= 15 is 0 Å². The molecule has 0 aliphatic carbocycles. The molecule has 5 heteroatoms. The summed E-state index contributed by atoms with van der Waals surface area (Å²) in [6.45, 7) is 7.36. The Labute approximate surface area is 106 Å². The maximum atomic E-state index is 12.1. The first-order valence-electron chi connectivity index (χ1n) is 5.76. The summed E-state index contributed by atoms with van der Waals surface area (Å²) in [5.74, 6) is 0.147. The number of imidazole rings is 1. The van der Waals surface area contributed by atoms with Gasteiger partial charge >= 0.3 is 6.09 Å².